The van der Waals surface area contributed by atoms with Gasteiger partial charge in [-0.3, -0.25) is 4.79 Å². The first-order chi connectivity index (χ1) is 13.2. The van der Waals surface area contributed by atoms with E-state index in [-0.39, 0.29) is 5.91 Å². The summed E-state index contributed by atoms with van der Waals surface area (Å²) in [7, 11) is 0. The highest BCUT2D eigenvalue weighted by molar-refractivity contribution is 6.05. The van der Waals surface area contributed by atoms with Gasteiger partial charge in [-0.05, 0) is 49.8 Å². The molecule has 1 amide bonds. The van der Waals surface area contributed by atoms with Crippen LogP contribution in [0.4, 0.5) is 17.2 Å². The molecule has 1 saturated carbocycles. The molecule has 1 aliphatic carbocycles. The maximum Gasteiger partial charge on any atom is 0.236 e. The summed E-state index contributed by atoms with van der Waals surface area (Å²) in [5.74, 6) is 2.27. The van der Waals surface area contributed by atoms with Crippen LogP contribution in [0, 0.1) is 5.92 Å². The van der Waals surface area contributed by atoms with Crippen molar-refractivity contribution in [2.24, 2.45) is 5.92 Å². The number of pyridine rings is 1. The van der Waals surface area contributed by atoms with Crippen LogP contribution in [0.5, 0.6) is 5.75 Å². The molecule has 5 rings (SSSR count). The lowest BCUT2D eigenvalue weighted by molar-refractivity contribution is -0.121. The minimum atomic E-state index is -0.445. The number of nitrogen functional groups attached to an aromatic ring is 1. The quantitative estimate of drug-likeness (QED) is 0.816. The molecule has 3 aliphatic rings. The molecule has 3 N–H and O–H groups in total. The number of hydrogen-bond donors (Lipinski definition) is 2. The molecule has 1 aromatic carbocycles. The molecule has 1 aromatic heterocycles. The van der Waals surface area contributed by atoms with E-state index in [9.17, 15) is 4.79 Å². The van der Waals surface area contributed by atoms with Crippen LogP contribution in [0.3, 0.4) is 0 Å². The number of nitrogens with one attached hydrogen (secondary N) is 1. The molecule has 3 heterocycles. The average molecular weight is 364 g/mol. The third kappa shape index (κ3) is 2.80. The van der Waals surface area contributed by atoms with E-state index < -0.39 is 5.41 Å². The number of carbonyl (C=O) groups excluding carboxylic acids is 1. The van der Waals surface area contributed by atoms with Crippen LogP contribution in [-0.4, -0.2) is 30.6 Å². The van der Waals surface area contributed by atoms with Crippen molar-refractivity contribution < 1.29 is 9.53 Å². The number of nitrogens with two attached hydrogens (primary N) is 1. The number of ether oxygens (including phenoxy) is 1. The van der Waals surface area contributed by atoms with Gasteiger partial charge in [0.15, 0.2) is 0 Å². The molecule has 1 spiro atoms. The molecule has 0 bridgehead atoms. The average Bonchev–Trinajstić information content (AvgIpc) is 3.48. The van der Waals surface area contributed by atoms with E-state index in [2.05, 4.69) is 15.2 Å². The van der Waals surface area contributed by atoms with Gasteiger partial charge in [0.25, 0.3) is 0 Å². The van der Waals surface area contributed by atoms with Gasteiger partial charge < -0.3 is 20.7 Å². The Hall–Kier alpha value is -2.76. The van der Waals surface area contributed by atoms with E-state index in [1.165, 1.54) is 12.8 Å². The van der Waals surface area contributed by atoms with Gasteiger partial charge in [-0.25, -0.2) is 4.98 Å². The Morgan fingerprint density at radius 3 is 2.85 bits per heavy atom. The zero-order valence-corrected chi connectivity index (χ0v) is 15.3. The van der Waals surface area contributed by atoms with Gasteiger partial charge in [-0.1, -0.05) is 6.07 Å². The summed E-state index contributed by atoms with van der Waals surface area (Å²) in [6.45, 7) is 2.38. The monoisotopic (exact) mass is 364 g/mol. The number of nitrogens with zero attached hydrogens (tertiary/aromatic N) is 2. The van der Waals surface area contributed by atoms with Crippen molar-refractivity contribution in [3.05, 3.63) is 42.1 Å². The molecule has 6 heteroatoms. The molecule has 2 aliphatic heterocycles. The fourth-order valence-corrected chi connectivity index (χ4v) is 4.22. The number of aromatic nitrogens is 1. The zero-order chi connectivity index (χ0) is 18.4. The fraction of sp³-hybridized carbons (Fsp3) is 0.429. The predicted octanol–water partition coefficient (Wildman–Crippen LogP) is 2.94. The number of benzene rings is 1. The number of piperidine rings is 1. The molecule has 0 unspecified atom stereocenters. The highest BCUT2D eigenvalue weighted by Crippen LogP contribution is 2.45. The van der Waals surface area contributed by atoms with Gasteiger partial charge in [0.05, 0.1) is 17.7 Å². The summed E-state index contributed by atoms with van der Waals surface area (Å²) in [5, 5.41) is 2.96. The Morgan fingerprint density at radius 1 is 1.26 bits per heavy atom. The van der Waals surface area contributed by atoms with E-state index in [0.717, 1.165) is 55.4 Å². The van der Waals surface area contributed by atoms with Gasteiger partial charge in [0.2, 0.25) is 5.91 Å². The predicted molar refractivity (Wildman–Crippen MR) is 105 cm³/mol. The molecule has 27 heavy (non-hydrogen) atoms. The van der Waals surface area contributed by atoms with Gasteiger partial charge in [-0.15, -0.1) is 0 Å². The van der Waals surface area contributed by atoms with Crippen LogP contribution in [-0.2, 0) is 10.2 Å². The van der Waals surface area contributed by atoms with Crippen LogP contribution in [0.2, 0.25) is 0 Å². The van der Waals surface area contributed by atoms with Crippen molar-refractivity contribution in [2.75, 3.05) is 35.6 Å². The van der Waals surface area contributed by atoms with Crippen LogP contribution in [0.25, 0.3) is 0 Å². The van der Waals surface area contributed by atoms with Gasteiger partial charge >= 0.3 is 0 Å². The molecule has 2 aromatic rings. The molecular weight excluding hydrogens is 340 g/mol. The molecule has 0 atom stereocenters. The largest absolute Gasteiger partial charge is 0.491 e. The summed E-state index contributed by atoms with van der Waals surface area (Å²) in [6, 6.07) is 9.95. The van der Waals surface area contributed by atoms with Crippen molar-refractivity contribution >= 4 is 23.1 Å². The Kier molecular flexibility index (Phi) is 3.74. The van der Waals surface area contributed by atoms with E-state index in [4.69, 9.17) is 10.5 Å². The minimum Gasteiger partial charge on any atom is -0.491 e. The highest BCUT2D eigenvalue weighted by Gasteiger charge is 2.49. The smallest absolute Gasteiger partial charge is 0.236 e. The maximum atomic E-state index is 12.7. The molecule has 0 radical (unpaired) electrons. The minimum absolute atomic E-state index is 0.0848. The molecular formula is C21H24N4O2. The SMILES string of the molecule is Nc1ccc(N2CCC3(CC2)C(=O)Nc2ncccc23)cc1OCC1CC1. The Bertz CT molecular complexity index is 886. The van der Waals surface area contributed by atoms with Gasteiger partial charge in [0, 0.05) is 36.6 Å². The van der Waals surface area contributed by atoms with Crippen molar-refractivity contribution in [1.82, 2.24) is 4.98 Å². The van der Waals surface area contributed by atoms with E-state index in [0.29, 0.717) is 11.6 Å². The van der Waals surface area contributed by atoms with Crippen molar-refractivity contribution in [2.45, 2.75) is 31.1 Å². The summed E-state index contributed by atoms with van der Waals surface area (Å²) < 4.78 is 5.92. The summed E-state index contributed by atoms with van der Waals surface area (Å²) in [5.41, 5.74) is 8.47. The summed E-state index contributed by atoms with van der Waals surface area (Å²) >= 11 is 0. The highest BCUT2D eigenvalue weighted by atomic mass is 16.5. The van der Waals surface area contributed by atoms with Crippen LogP contribution >= 0.6 is 0 Å². The number of anilines is 3. The topological polar surface area (TPSA) is 80.5 Å². The Balaban J connectivity index is 1.33. The second-order valence-corrected chi connectivity index (χ2v) is 7.90. The van der Waals surface area contributed by atoms with E-state index >= 15 is 0 Å². The van der Waals surface area contributed by atoms with Crippen molar-refractivity contribution in [3.8, 4) is 5.75 Å². The molecule has 6 nitrogen and oxygen atoms in total. The molecule has 2 fully saturated rings. The van der Waals surface area contributed by atoms with E-state index in [1.807, 2.05) is 30.3 Å². The lowest BCUT2D eigenvalue weighted by atomic mass is 9.74. The zero-order valence-electron chi connectivity index (χ0n) is 15.3. The first-order valence-electron chi connectivity index (χ1n) is 9.70. The third-order valence-corrected chi connectivity index (χ3v) is 6.14. The van der Waals surface area contributed by atoms with E-state index in [1.54, 1.807) is 6.20 Å². The normalized spacial score (nSPS) is 20.4. The third-order valence-electron chi connectivity index (χ3n) is 6.14. The number of fused-ring (bicyclic) bond motifs is 2. The number of rotatable bonds is 4. The maximum absolute atomic E-state index is 12.7. The van der Waals surface area contributed by atoms with Crippen LogP contribution in [0.15, 0.2) is 36.5 Å². The lowest BCUT2D eigenvalue weighted by Gasteiger charge is -2.39. The second-order valence-electron chi connectivity index (χ2n) is 7.90. The second kappa shape index (κ2) is 6.15. The lowest BCUT2D eigenvalue weighted by Crippen LogP contribution is -2.46. The fourth-order valence-electron chi connectivity index (χ4n) is 4.22. The summed E-state index contributed by atoms with van der Waals surface area (Å²) in [4.78, 5) is 19.3. The van der Waals surface area contributed by atoms with Gasteiger partial charge in [-0.2, -0.15) is 0 Å². The number of hydrogen-bond acceptors (Lipinski definition) is 5. The Morgan fingerprint density at radius 2 is 2.07 bits per heavy atom. The first-order valence-corrected chi connectivity index (χ1v) is 9.70. The first kappa shape index (κ1) is 16.4. The van der Waals surface area contributed by atoms with Crippen molar-refractivity contribution in [3.63, 3.8) is 0 Å². The molecule has 1 saturated heterocycles. The standard InChI is InChI=1S/C21H24N4O2/c22-17-6-5-15(12-18(17)27-13-14-3-4-14)25-10-7-21(8-11-25)16-2-1-9-23-19(16)24-20(21)26/h1-2,5-6,9,12,14H,3-4,7-8,10-11,13,22H2,(H,23,24,26). The van der Waals surface area contributed by atoms with Crippen molar-refractivity contribution in [1.29, 1.82) is 0 Å². The van der Waals surface area contributed by atoms with Crippen LogP contribution in [0.1, 0.15) is 31.2 Å². The Labute approximate surface area is 158 Å². The van der Waals surface area contributed by atoms with Gasteiger partial charge in [0.1, 0.15) is 11.6 Å². The van der Waals surface area contributed by atoms with Crippen LogP contribution < -0.4 is 20.7 Å². The molecule has 140 valence electrons. The summed E-state index contributed by atoms with van der Waals surface area (Å²) in [6.07, 6.45) is 5.80. The number of carbonyl (C=O) groups is 1. The number of amides is 1.